The Bertz CT molecular complexity index is 984. The number of amides is 1. The van der Waals surface area contributed by atoms with E-state index in [-0.39, 0.29) is 41.2 Å². The Morgan fingerprint density at radius 2 is 1.37 bits per heavy atom. The van der Waals surface area contributed by atoms with E-state index in [1.54, 1.807) is 6.92 Å². The second kappa shape index (κ2) is 10.6. The number of carbonyl (C=O) groups is 2. The minimum atomic E-state index is -0.859. The van der Waals surface area contributed by atoms with E-state index in [4.69, 9.17) is 4.74 Å². The van der Waals surface area contributed by atoms with Gasteiger partial charge in [-0.3, -0.25) is 9.59 Å². The number of benzene rings is 2. The van der Waals surface area contributed by atoms with E-state index in [0.29, 0.717) is 0 Å². The highest BCUT2D eigenvalue weighted by molar-refractivity contribution is 5.97. The first-order valence-corrected chi connectivity index (χ1v) is 13.0. The van der Waals surface area contributed by atoms with Crippen molar-refractivity contribution in [2.45, 2.75) is 80.2 Å². The van der Waals surface area contributed by atoms with Crippen LogP contribution < -0.4 is 5.32 Å². The van der Waals surface area contributed by atoms with Gasteiger partial charge in [-0.05, 0) is 52.3 Å². The summed E-state index contributed by atoms with van der Waals surface area (Å²) in [5.41, 5.74) is 4.73. The number of carbonyl (C=O) groups excluding carboxylic acids is 2. The minimum Gasteiger partial charge on any atom is -0.464 e. The molecule has 3 rings (SSSR count). The Morgan fingerprint density at radius 3 is 1.83 bits per heavy atom. The average Bonchev–Trinajstić information content (AvgIpc) is 3.09. The lowest BCUT2D eigenvalue weighted by atomic mass is 9.62. The van der Waals surface area contributed by atoms with Crippen LogP contribution in [0.5, 0.6) is 0 Å². The van der Waals surface area contributed by atoms with Crippen LogP contribution >= 0.6 is 0 Å². The lowest BCUT2D eigenvalue weighted by Gasteiger charge is -2.46. The number of esters is 1. The molecule has 0 saturated heterocycles. The van der Waals surface area contributed by atoms with Crippen LogP contribution in [0.2, 0.25) is 0 Å². The topological polar surface area (TPSA) is 55.4 Å². The summed E-state index contributed by atoms with van der Waals surface area (Å²) in [6, 6.07) is 16.5. The summed E-state index contributed by atoms with van der Waals surface area (Å²) in [5, 5.41) is 3.23. The van der Waals surface area contributed by atoms with Gasteiger partial charge in [0.05, 0.1) is 0 Å². The lowest BCUT2D eigenvalue weighted by molar-refractivity contribution is -0.152. The molecule has 4 heteroatoms. The maximum absolute atomic E-state index is 13.2. The maximum Gasteiger partial charge on any atom is 0.318 e. The van der Waals surface area contributed by atoms with Crippen LogP contribution in [0.4, 0.5) is 0 Å². The number of rotatable bonds is 8. The Balaban J connectivity index is 1.70. The Hall–Kier alpha value is -2.62. The molecule has 1 N–H and O–H groups in total. The van der Waals surface area contributed by atoms with E-state index in [1.807, 2.05) is 24.3 Å². The molecule has 0 aromatic heterocycles. The first-order chi connectivity index (χ1) is 16.4. The molecule has 2 aromatic carbocycles. The number of hydrogen-bond acceptors (Lipinski definition) is 3. The molecule has 0 unspecified atom stereocenters. The van der Waals surface area contributed by atoms with Crippen molar-refractivity contribution in [3.05, 3.63) is 59.7 Å². The Kier molecular flexibility index (Phi) is 8.14. The molecule has 0 radical (unpaired) electrons. The predicted molar refractivity (Wildman–Crippen MR) is 143 cm³/mol. The molecular formula is C31H43NO3. The highest BCUT2D eigenvalue weighted by Crippen LogP contribution is 2.45. The minimum absolute atomic E-state index is 0.00339. The van der Waals surface area contributed by atoms with Crippen LogP contribution in [-0.2, 0) is 14.3 Å². The molecule has 1 amide bonds. The SMILES string of the molecule is CCC[C@H](NC(=O)[C@H](C)C(=O)OCC1c2ccccc2-c2ccccc21)C(C(C)(C)C)C(C)(C)C. The molecule has 0 spiro atoms. The largest absolute Gasteiger partial charge is 0.464 e. The summed E-state index contributed by atoms with van der Waals surface area (Å²) < 4.78 is 5.76. The summed E-state index contributed by atoms with van der Waals surface area (Å²) in [6.07, 6.45) is 1.84. The zero-order valence-corrected chi connectivity index (χ0v) is 22.8. The van der Waals surface area contributed by atoms with Crippen LogP contribution in [0.25, 0.3) is 11.1 Å². The summed E-state index contributed by atoms with van der Waals surface area (Å²) >= 11 is 0. The first-order valence-electron chi connectivity index (χ1n) is 13.0. The second-order valence-electron chi connectivity index (χ2n) is 12.2. The third-order valence-corrected chi connectivity index (χ3v) is 7.30. The monoisotopic (exact) mass is 477 g/mol. The van der Waals surface area contributed by atoms with E-state index < -0.39 is 11.9 Å². The van der Waals surface area contributed by atoms with E-state index in [9.17, 15) is 9.59 Å². The van der Waals surface area contributed by atoms with Crippen LogP contribution in [0.1, 0.15) is 85.3 Å². The van der Waals surface area contributed by atoms with Crippen molar-refractivity contribution in [2.24, 2.45) is 22.7 Å². The van der Waals surface area contributed by atoms with Gasteiger partial charge in [-0.1, -0.05) is 103 Å². The van der Waals surface area contributed by atoms with Crippen LogP contribution in [0.15, 0.2) is 48.5 Å². The van der Waals surface area contributed by atoms with Crippen molar-refractivity contribution in [3.8, 4) is 11.1 Å². The molecule has 190 valence electrons. The normalized spacial score (nSPS) is 15.3. The van der Waals surface area contributed by atoms with Gasteiger partial charge >= 0.3 is 5.97 Å². The number of nitrogens with one attached hydrogen (secondary N) is 1. The molecule has 4 nitrogen and oxygen atoms in total. The van der Waals surface area contributed by atoms with Crippen molar-refractivity contribution in [1.29, 1.82) is 0 Å². The standard InChI is InChI=1S/C31H43NO3/c1-9-14-26(27(30(3,4)5)31(6,7)8)32-28(33)20(2)29(34)35-19-25-23-17-12-10-15-21(23)22-16-11-13-18-24(22)25/h10-13,15-18,20,25-27H,9,14,19H2,1-8H3,(H,32,33)/t20-,26-/m0/s1. The fourth-order valence-corrected chi connectivity index (χ4v) is 6.28. The zero-order chi connectivity index (χ0) is 26.0. The van der Waals surface area contributed by atoms with Crippen molar-refractivity contribution in [3.63, 3.8) is 0 Å². The van der Waals surface area contributed by atoms with Crippen LogP contribution in [-0.4, -0.2) is 24.5 Å². The van der Waals surface area contributed by atoms with Gasteiger partial charge in [0.25, 0.3) is 0 Å². The molecule has 0 aliphatic heterocycles. The lowest BCUT2D eigenvalue weighted by Crippen LogP contribution is -2.52. The Morgan fingerprint density at radius 1 is 0.886 bits per heavy atom. The molecule has 2 atom stereocenters. The average molecular weight is 478 g/mol. The number of hydrogen-bond donors (Lipinski definition) is 1. The fraction of sp³-hybridized carbons (Fsp3) is 0.548. The van der Waals surface area contributed by atoms with Crippen LogP contribution in [0.3, 0.4) is 0 Å². The number of fused-ring (bicyclic) bond motifs is 3. The molecule has 1 aliphatic carbocycles. The summed E-state index contributed by atoms with van der Waals surface area (Å²) in [5.74, 6) is -1.34. The summed E-state index contributed by atoms with van der Waals surface area (Å²) in [7, 11) is 0. The van der Waals surface area contributed by atoms with Crippen molar-refractivity contribution in [2.75, 3.05) is 6.61 Å². The molecule has 0 saturated carbocycles. The summed E-state index contributed by atoms with van der Waals surface area (Å²) in [6.45, 7) is 17.4. The molecule has 0 fully saturated rings. The third-order valence-electron chi connectivity index (χ3n) is 7.30. The van der Waals surface area contributed by atoms with Gasteiger partial charge in [0.1, 0.15) is 12.5 Å². The predicted octanol–water partition coefficient (Wildman–Crippen LogP) is 6.97. The van der Waals surface area contributed by atoms with Gasteiger partial charge in [0, 0.05) is 12.0 Å². The molecule has 1 aliphatic rings. The smallest absolute Gasteiger partial charge is 0.318 e. The van der Waals surface area contributed by atoms with E-state index in [0.717, 1.165) is 12.8 Å². The van der Waals surface area contributed by atoms with Gasteiger partial charge < -0.3 is 10.1 Å². The molecular weight excluding hydrogens is 434 g/mol. The quantitative estimate of drug-likeness (QED) is 0.330. The molecule has 35 heavy (non-hydrogen) atoms. The van der Waals surface area contributed by atoms with E-state index in [2.05, 4.69) is 78.0 Å². The summed E-state index contributed by atoms with van der Waals surface area (Å²) in [4.78, 5) is 26.2. The fourth-order valence-electron chi connectivity index (χ4n) is 6.28. The van der Waals surface area contributed by atoms with E-state index in [1.165, 1.54) is 22.3 Å². The molecule has 0 heterocycles. The van der Waals surface area contributed by atoms with Gasteiger partial charge in [0.2, 0.25) is 5.91 Å². The van der Waals surface area contributed by atoms with Gasteiger partial charge in [-0.2, -0.15) is 0 Å². The van der Waals surface area contributed by atoms with Crippen molar-refractivity contribution >= 4 is 11.9 Å². The van der Waals surface area contributed by atoms with Gasteiger partial charge in [-0.25, -0.2) is 0 Å². The van der Waals surface area contributed by atoms with Gasteiger partial charge in [-0.15, -0.1) is 0 Å². The maximum atomic E-state index is 13.2. The van der Waals surface area contributed by atoms with Crippen molar-refractivity contribution in [1.82, 2.24) is 5.32 Å². The first kappa shape index (κ1) is 27.0. The molecule has 2 aromatic rings. The zero-order valence-electron chi connectivity index (χ0n) is 22.8. The highest BCUT2D eigenvalue weighted by atomic mass is 16.5. The van der Waals surface area contributed by atoms with Gasteiger partial charge in [0.15, 0.2) is 0 Å². The Labute approximate surface area is 211 Å². The second-order valence-corrected chi connectivity index (χ2v) is 12.2. The number of ether oxygens (including phenoxy) is 1. The molecule has 0 bridgehead atoms. The van der Waals surface area contributed by atoms with Crippen molar-refractivity contribution < 1.29 is 14.3 Å². The highest BCUT2D eigenvalue weighted by Gasteiger charge is 2.41. The third kappa shape index (κ3) is 5.97. The van der Waals surface area contributed by atoms with E-state index >= 15 is 0 Å². The van der Waals surface area contributed by atoms with Crippen LogP contribution in [0, 0.1) is 22.7 Å².